The largest absolute Gasteiger partial charge is 0.484 e. The molecule has 2 aromatic carbocycles. The molecule has 1 atom stereocenters. The first-order valence-corrected chi connectivity index (χ1v) is 9.82. The molecule has 0 aliphatic heterocycles. The molecule has 0 aliphatic carbocycles. The number of carbonyl (C=O) groups is 2. The highest BCUT2D eigenvalue weighted by molar-refractivity contribution is 5.87. The van der Waals surface area contributed by atoms with Crippen molar-refractivity contribution in [1.82, 2.24) is 15.2 Å². The van der Waals surface area contributed by atoms with Crippen LogP contribution in [0.2, 0.25) is 0 Å². The molecule has 3 aromatic rings. The van der Waals surface area contributed by atoms with Crippen LogP contribution in [0.5, 0.6) is 5.75 Å². The number of aromatic nitrogens is 1. The zero-order chi connectivity index (χ0) is 21.2. The topological polar surface area (TPSA) is 71.5 Å². The lowest BCUT2D eigenvalue weighted by atomic mass is 10.1. The molecule has 6 heteroatoms. The molecule has 1 N–H and O–H groups in total. The number of ether oxygens (including phenoxy) is 1. The van der Waals surface area contributed by atoms with E-state index in [-0.39, 0.29) is 18.4 Å². The van der Waals surface area contributed by atoms with Crippen molar-refractivity contribution in [2.45, 2.75) is 26.1 Å². The normalized spacial score (nSPS) is 11.4. The number of para-hydroxylation sites is 1. The predicted octanol–water partition coefficient (Wildman–Crippen LogP) is 3.19. The van der Waals surface area contributed by atoms with Gasteiger partial charge < -0.3 is 15.0 Å². The molecule has 30 heavy (non-hydrogen) atoms. The molecule has 6 nitrogen and oxygen atoms in total. The minimum atomic E-state index is -0.666. The summed E-state index contributed by atoms with van der Waals surface area (Å²) in [6, 6.07) is 23.6. The number of hydrogen-bond donors (Lipinski definition) is 1. The van der Waals surface area contributed by atoms with Crippen LogP contribution in [0, 0.1) is 0 Å². The van der Waals surface area contributed by atoms with Gasteiger partial charge in [0, 0.05) is 12.7 Å². The van der Waals surface area contributed by atoms with Crippen molar-refractivity contribution in [3.63, 3.8) is 0 Å². The molecule has 1 unspecified atom stereocenters. The summed E-state index contributed by atoms with van der Waals surface area (Å²) < 4.78 is 5.61. The molecule has 0 saturated heterocycles. The maximum Gasteiger partial charge on any atom is 0.261 e. The number of amides is 2. The zero-order valence-electron chi connectivity index (χ0n) is 16.9. The maximum absolute atomic E-state index is 12.9. The molecule has 0 fully saturated rings. The van der Waals surface area contributed by atoms with E-state index in [1.807, 2.05) is 66.7 Å². The van der Waals surface area contributed by atoms with Crippen molar-refractivity contribution in [3.8, 4) is 5.75 Å². The van der Waals surface area contributed by atoms with Gasteiger partial charge >= 0.3 is 0 Å². The second kappa shape index (κ2) is 10.8. The lowest BCUT2D eigenvalue weighted by Crippen LogP contribution is -2.48. The summed E-state index contributed by atoms with van der Waals surface area (Å²) in [5.41, 5.74) is 1.70. The van der Waals surface area contributed by atoms with E-state index < -0.39 is 6.04 Å². The quantitative estimate of drug-likeness (QED) is 0.596. The van der Waals surface area contributed by atoms with Crippen molar-refractivity contribution in [2.75, 3.05) is 6.61 Å². The Labute approximate surface area is 176 Å². The first-order chi connectivity index (χ1) is 14.6. The van der Waals surface area contributed by atoms with Crippen molar-refractivity contribution in [3.05, 3.63) is 96.3 Å². The standard InChI is InChI=1S/C24H25N3O3/c1-19(24(29)26-16-21-12-8-9-15-25-21)27(17-20-10-4-2-5-11-20)23(28)18-30-22-13-6-3-7-14-22/h2-15,19H,16-18H2,1H3,(H,26,29). The maximum atomic E-state index is 12.9. The van der Waals surface area contributed by atoms with Crippen LogP contribution in [0.3, 0.4) is 0 Å². The summed E-state index contributed by atoms with van der Waals surface area (Å²) >= 11 is 0. The highest BCUT2D eigenvalue weighted by atomic mass is 16.5. The van der Waals surface area contributed by atoms with Gasteiger partial charge in [-0.2, -0.15) is 0 Å². The fourth-order valence-corrected chi connectivity index (χ4v) is 2.94. The van der Waals surface area contributed by atoms with Gasteiger partial charge in [0.15, 0.2) is 6.61 Å². The van der Waals surface area contributed by atoms with Gasteiger partial charge in [0.1, 0.15) is 11.8 Å². The van der Waals surface area contributed by atoms with E-state index >= 15 is 0 Å². The summed E-state index contributed by atoms with van der Waals surface area (Å²) in [5, 5.41) is 2.86. The van der Waals surface area contributed by atoms with Gasteiger partial charge in [0.2, 0.25) is 5.91 Å². The van der Waals surface area contributed by atoms with Crippen LogP contribution in [0.25, 0.3) is 0 Å². The van der Waals surface area contributed by atoms with Crippen LogP contribution in [-0.4, -0.2) is 34.3 Å². The van der Waals surface area contributed by atoms with Crippen LogP contribution in [0.4, 0.5) is 0 Å². The summed E-state index contributed by atoms with van der Waals surface area (Å²) in [7, 11) is 0. The summed E-state index contributed by atoms with van der Waals surface area (Å²) in [6.45, 7) is 2.19. The Bertz CT molecular complexity index is 934. The van der Waals surface area contributed by atoms with Crippen LogP contribution < -0.4 is 10.1 Å². The second-order valence-corrected chi connectivity index (χ2v) is 6.82. The van der Waals surface area contributed by atoms with Crippen molar-refractivity contribution >= 4 is 11.8 Å². The monoisotopic (exact) mass is 403 g/mol. The van der Waals surface area contributed by atoms with E-state index in [0.717, 1.165) is 11.3 Å². The Morgan fingerprint density at radius 2 is 1.63 bits per heavy atom. The van der Waals surface area contributed by atoms with Crippen LogP contribution >= 0.6 is 0 Å². The SMILES string of the molecule is CC(C(=O)NCc1ccccn1)N(Cc1ccccc1)C(=O)COc1ccccc1. The third-order valence-electron chi connectivity index (χ3n) is 4.64. The van der Waals surface area contributed by atoms with Gasteiger partial charge in [-0.1, -0.05) is 54.6 Å². The van der Waals surface area contributed by atoms with Gasteiger partial charge in [0.25, 0.3) is 5.91 Å². The van der Waals surface area contributed by atoms with Crippen LogP contribution in [-0.2, 0) is 22.7 Å². The molecule has 1 aromatic heterocycles. The molecule has 0 aliphatic rings. The molecule has 0 radical (unpaired) electrons. The number of pyridine rings is 1. The molecule has 3 rings (SSSR count). The number of nitrogens with zero attached hydrogens (tertiary/aromatic N) is 2. The first-order valence-electron chi connectivity index (χ1n) is 9.82. The van der Waals surface area contributed by atoms with Gasteiger partial charge in [-0.05, 0) is 36.8 Å². The Balaban J connectivity index is 1.67. The lowest BCUT2D eigenvalue weighted by Gasteiger charge is -2.28. The summed E-state index contributed by atoms with van der Waals surface area (Å²) in [5.74, 6) is 0.102. The third-order valence-corrected chi connectivity index (χ3v) is 4.64. The summed E-state index contributed by atoms with van der Waals surface area (Å²) in [6.07, 6.45) is 1.68. The zero-order valence-corrected chi connectivity index (χ0v) is 16.9. The van der Waals surface area contributed by atoms with Gasteiger partial charge in [-0.3, -0.25) is 14.6 Å². The smallest absolute Gasteiger partial charge is 0.261 e. The number of nitrogens with one attached hydrogen (secondary N) is 1. The molecule has 0 bridgehead atoms. The fraction of sp³-hybridized carbons (Fsp3) is 0.208. The number of rotatable bonds is 9. The van der Waals surface area contributed by atoms with E-state index in [2.05, 4.69) is 10.3 Å². The Morgan fingerprint density at radius 3 is 2.30 bits per heavy atom. The Hall–Kier alpha value is -3.67. The van der Waals surface area contributed by atoms with Gasteiger partial charge in [0.05, 0.1) is 12.2 Å². The Kier molecular flexibility index (Phi) is 7.55. The van der Waals surface area contributed by atoms with Crippen molar-refractivity contribution < 1.29 is 14.3 Å². The number of carbonyl (C=O) groups excluding carboxylic acids is 2. The minimum Gasteiger partial charge on any atom is -0.484 e. The average Bonchev–Trinajstić information content (AvgIpc) is 2.81. The number of hydrogen-bond acceptors (Lipinski definition) is 4. The van der Waals surface area contributed by atoms with Crippen LogP contribution in [0.1, 0.15) is 18.2 Å². The molecular formula is C24H25N3O3. The van der Waals surface area contributed by atoms with E-state index in [0.29, 0.717) is 18.8 Å². The highest BCUT2D eigenvalue weighted by Gasteiger charge is 2.26. The van der Waals surface area contributed by atoms with Gasteiger partial charge in [-0.15, -0.1) is 0 Å². The van der Waals surface area contributed by atoms with E-state index in [4.69, 9.17) is 4.74 Å². The Morgan fingerprint density at radius 1 is 0.967 bits per heavy atom. The molecule has 154 valence electrons. The molecule has 0 spiro atoms. The molecular weight excluding hydrogens is 378 g/mol. The predicted molar refractivity (Wildman–Crippen MR) is 114 cm³/mol. The lowest BCUT2D eigenvalue weighted by molar-refractivity contribution is -0.142. The average molecular weight is 403 g/mol. The molecule has 1 heterocycles. The molecule has 0 saturated carbocycles. The van der Waals surface area contributed by atoms with Crippen molar-refractivity contribution in [2.24, 2.45) is 0 Å². The van der Waals surface area contributed by atoms with E-state index in [1.165, 1.54) is 4.90 Å². The first kappa shape index (κ1) is 21.0. The van der Waals surface area contributed by atoms with Gasteiger partial charge in [-0.25, -0.2) is 0 Å². The minimum absolute atomic E-state index is 0.144. The molecule has 2 amide bonds. The van der Waals surface area contributed by atoms with Crippen molar-refractivity contribution in [1.29, 1.82) is 0 Å². The van der Waals surface area contributed by atoms with E-state index in [9.17, 15) is 9.59 Å². The third kappa shape index (κ3) is 6.17. The highest BCUT2D eigenvalue weighted by Crippen LogP contribution is 2.12. The second-order valence-electron chi connectivity index (χ2n) is 6.82. The van der Waals surface area contributed by atoms with E-state index in [1.54, 1.807) is 25.3 Å². The van der Waals surface area contributed by atoms with Crippen LogP contribution in [0.15, 0.2) is 85.1 Å². The number of benzene rings is 2. The fourth-order valence-electron chi connectivity index (χ4n) is 2.94. The summed E-state index contributed by atoms with van der Waals surface area (Å²) in [4.78, 5) is 31.4.